The van der Waals surface area contributed by atoms with Crippen LogP contribution < -0.4 is 5.43 Å². The fourth-order valence-corrected chi connectivity index (χ4v) is 3.56. The number of fused-ring (bicyclic) bond motifs is 1. The van der Waals surface area contributed by atoms with Gasteiger partial charge in [-0.3, -0.25) is 9.78 Å². The molecule has 0 saturated carbocycles. The summed E-state index contributed by atoms with van der Waals surface area (Å²) in [7, 11) is -2.36. The normalized spacial score (nSPS) is 11.5. The number of carbonyl (C=O) groups excluding carboxylic acids is 1. The highest BCUT2D eigenvalue weighted by Crippen LogP contribution is 2.29. The van der Waals surface area contributed by atoms with E-state index in [0.717, 1.165) is 28.2 Å². The van der Waals surface area contributed by atoms with Gasteiger partial charge in [0.2, 0.25) is 10.0 Å². The molecule has 0 bridgehead atoms. The van der Waals surface area contributed by atoms with E-state index in [1.54, 1.807) is 42.7 Å². The van der Waals surface area contributed by atoms with Gasteiger partial charge in [-0.15, -0.1) is 0 Å². The Morgan fingerprint density at radius 1 is 1.12 bits per heavy atom. The molecule has 0 aliphatic heterocycles. The topological polar surface area (TPSA) is 79.4 Å². The van der Waals surface area contributed by atoms with E-state index in [4.69, 9.17) is 11.6 Å². The molecule has 2 aromatic carbocycles. The van der Waals surface area contributed by atoms with Crippen LogP contribution in [0.1, 0.15) is 10.4 Å². The first kappa shape index (κ1) is 18.3. The van der Waals surface area contributed by atoms with Crippen LogP contribution in [0.15, 0.2) is 54.9 Å². The number of rotatable bonds is 4. The van der Waals surface area contributed by atoms with Crippen molar-refractivity contribution in [3.63, 3.8) is 0 Å². The van der Waals surface area contributed by atoms with Crippen molar-refractivity contribution >= 4 is 38.3 Å². The van der Waals surface area contributed by atoms with Gasteiger partial charge in [-0.2, -0.15) is 4.41 Å². The second kappa shape index (κ2) is 7.03. The number of benzene rings is 2. The summed E-state index contributed by atoms with van der Waals surface area (Å²) in [5.74, 6) is -0.657. The Morgan fingerprint density at radius 3 is 2.42 bits per heavy atom. The van der Waals surface area contributed by atoms with Crippen molar-refractivity contribution in [2.75, 3.05) is 13.3 Å². The molecule has 0 fully saturated rings. The lowest BCUT2D eigenvalue weighted by Crippen LogP contribution is -2.44. The minimum Gasteiger partial charge on any atom is -0.266 e. The van der Waals surface area contributed by atoms with Crippen molar-refractivity contribution in [1.82, 2.24) is 14.8 Å². The molecule has 1 aromatic heterocycles. The minimum absolute atomic E-state index is 0.249. The van der Waals surface area contributed by atoms with Gasteiger partial charge in [-0.05, 0) is 35.2 Å². The van der Waals surface area contributed by atoms with E-state index in [2.05, 4.69) is 10.4 Å². The fourth-order valence-electron chi connectivity index (χ4n) is 2.69. The molecular formula is C18H16ClN3O3S. The highest BCUT2D eigenvalue weighted by atomic mass is 35.5. The Hall–Kier alpha value is -2.48. The first-order valence-electron chi connectivity index (χ1n) is 7.67. The van der Waals surface area contributed by atoms with E-state index in [1.165, 1.54) is 7.05 Å². The van der Waals surface area contributed by atoms with Crippen molar-refractivity contribution in [3.05, 3.63) is 65.4 Å². The third-order valence-corrected chi connectivity index (χ3v) is 5.15. The van der Waals surface area contributed by atoms with Gasteiger partial charge in [0.15, 0.2) is 0 Å². The van der Waals surface area contributed by atoms with Gasteiger partial charge in [-0.25, -0.2) is 13.8 Å². The molecule has 134 valence electrons. The molecule has 26 heavy (non-hydrogen) atoms. The molecule has 0 aliphatic carbocycles. The molecule has 1 amide bonds. The monoisotopic (exact) mass is 389 g/mol. The standard InChI is InChI=1S/C18H16ClN3O3S/c1-20-22(26(2,24)25)18(23)13-3-4-14-10-21-11-17(16(14)9-13)12-5-7-15(19)8-6-12/h3-11,20H,1-2H3. The van der Waals surface area contributed by atoms with E-state index in [0.29, 0.717) is 9.44 Å². The van der Waals surface area contributed by atoms with E-state index in [1.807, 2.05) is 12.1 Å². The van der Waals surface area contributed by atoms with Crippen LogP contribution >= 0.6 is 11.6 Å². The number of nitrogens with zero attached hydrogens (tertiary/aromatic N) is 2. The van der Waals surface area contributed by atoms with Crippen LogP contribution in [0, 0.1) is 0 Å². The van der Waals surface area contributed by atoms with E-state index in [9.17, 15) is 13.2 Å². The predicted octanol–water partition coefficient (Wildman–Crippen LogP) is 3.09. The zero-order chi connectivity index (χ0) is 18.9. The first-order chi connectivity index (χ1) is 12.3. The molecule has 0 aliphatic rings. The molecule has 8 heteroatoms. The highest BCUT2D eigenvalue weighted by Gasteiger charge is 2.23. The third kappa shape index (κ3) is 3.55. The fraction of sp³-hybridized carbons (Fsp3) is 0.111. The zero-order valence-corrected chi connectivity index (χ0v) is 15.7. The third-order valence-electron chi connectivity index (χ3n) is 3.88. The SMILES string of the molecule is CNN(C(=O)c1ccc2cncc(-c3ccc(Cl)cc3)c2c1)S(C)(=O)=O. The van der Waals surface area contributed by atoms with Gasteiger partial charge >= 0.3 is 0 Å². The Balaban J connectivity index is 2.15. The van der Waals surface area contributed by atoms with Gasteiger partial charge < -0.3 is 0 Å². The number of hydrazine groups is 1. The Bertz CT molecular complexity index is 1080. The second-order valence-electron chi connectivity index (χ2n) is 5.69. The summed E-state index contributed by atoms with van der Waals surface area (Å²) in [5, 5.41) is 2.25. The van der Waals surface area contributed by atoms with E-state index < -0.39 is 15.9 Å². The summed E-state index contributed by atoms with van der Waals surface area (Å²) in [6.07, 6.45) is 4.35. The van der Waals surface area contributed by atoms with Gasteiger partial charge in [0.25, 0.3) is 5.91 Å². The molecule has 1 heterocycles. The van der Waals surface area contributed by atoms with Crippen LogP contribution in [0.25, 0.3) is 21.9 Å². The summed E-state index contributed by atoms with van der Waals surface area (Å²) in [5.41, 5.74) is 4.38. The maximum absolute atomic E-state index is 12.6. The van der Waals surface area contributed by atoms with Crippen LogP contribution in [-0.2, 0) is 10.0 Å². The van der Waals surface area contributed by atoms with E-state index in [-0.39, 0.29) is 5.56 Å². The lowest BCUT2D eigenvalue weighted by molar-refractivity contribution is 0.0824. The number of halogens is 1. The van der Waals surface area contributed by atoms with Crippen LogP contribution in [0.5, 0.6) is 0 Å². The average molecular weight is 390 g/mol. The minimum atomic E-state index is -3.74. The summed E-state index contributed by atoms with van der Waals surface area (Å²) in [6, 6.07) is 12.3. The molecule has 1 N–H and O–H groups in total. The number of pyridine rings is 1. The summed E-state index contributed by atoms with van der Waals surface area (Å²) >= 11 is 5.95. The summed E-state index contributed by atoms with van der Waals surface area (Å²) in [6.45, 7) is 0. The second-order valence-corrected chi connectivity index (χ2v) is 7.95. The first-order valence-corrected chi connectivity index (χ1v) is 9.89. The Morgan fingerprint density at radius 2 is 1.81 bits per heavy atom. The molecule has 3 rings (SSSR count). The molecule has 0 radical (unpaired) electrons. The lowest BCUT2D eigenvalue weighted by atomic mass is 9.99. The zero-order valence-electron chi connectivity index (χ0n) is 14.1. The summed E-state index contributed by atoms with van der Waals surface area (Å²) < 4.78 is 24.2. The number of amides is 1. The van der Waals surface area contributed by atoms with Crippen LogP contribution in [0.2, 0.25) is 5.02 Å². The molecule has 6 nitrogen and oxygen atoms in total. The Labute approximate surface area is 156 Å². The molecule has 0 atom stereocenters. The quantitative estimate of drug-likeness (QED) is 0.693. The maximum Gasteiger partial charge on any atom is 0.282 e. The number of aromatic nitrogens is 1. The molecule has 0 saturated heterocycles. The van der Waals surface area contributed by atoms with Crippen molar-refractivity contribution in [2.45, 2.75) is 0 Å². The van der Waals surface area contributed by atoms with Crippen molar-refractivity contribution in [3.8, 4) is 11.1 Å². The smallest absolute Gasteiger partial charge is 0.266 e. The van der Waals surface area contributed by atoms with Crippen molar-refractivity contribution < 1.29 is 13.2 Å². The van der Waals surface area contributed by atoms with Crippen LogP contribution in [0.4, 0.5) is 0 Å². The number of sulfonamides is 1. The molecule has 0 spiro atoms. The van der Waals surface area contributed by atoms with Crippen LogP contribution in [0.3, 0.4) is 0 Å². The lowest BCUT2D eigenvalue weighted by Gasteiger charge is -2.19. The summed E-state index contributed by atoms with van der Waals surface area (Å²) in [4.78, 5) is 16.9. The van der Waals surface area contributed by atoms with Gasteiger partial charge in [-0.1, -0.05) is 29.8 Å². The Kier molecular flexibility index (Phi) is 4.95. The van der Waals surface area contributed by atoms with Crippen molar-refractivity contribution in [1.29, 1.82) is 0 Å². The largest absolute Gasteiger partial charge is 0.282 e. The average Bonchev–Trinajstić information content (AvgIpc) is 2.61. The van der Waals surface area contributed by atoms with Gasteiger partial charge in [0, 0.05) is 41.0 Å². The molecular weight excluding hydrogens is 374 g/mol. The number of nitrogens with one attached hydrogen (secondary N) is 1. The van der Waals surface area contributed by atoms with Crippen molar-refractivity contribution in [2.24, 2.45) is 0 Å². The number of carbonyl (C=O) groups is 1. The highest BCUT2D eigenvalue weighted by molar-refractivity contribution is 7.88. The number of hydrogen-bond donors (Lipinski definition) is 1. The maximum atomic E-state index is 12.6. The molecule has 3 aromatic rings. The van der Waals surface area contributed by atoms with Gasteiger partial charge in [0.1, 0.15) is 0 Å². The predicted molar refractivity (Wildman–Crippen MR) is 102 cm³/mol. The number of hydrogen-bond acceptors (Lipinski definition) is 5. The van der Waals surface area contributed by atoms with E-state index >= 15 is 0 Å². The van der Waals surface area contributed by atoms with Crippen LogP contribution in [-0.4, -0.2) is 37.0 Å². The molecule has 0 unspecified atom stereocenters. The van der Waals surface area contributed by atoms with Gasteiger partial charge in [0.05, 0.1) is 6.26 Å².